The molecule has 0 N–H and O–H groups in total. The average Bonchev–Trinajstić information content (AvgIpc) is 2.51. The van der Waals surface area contributed by atoms with E-state index in [1.807, 2.05) is 6.92 Å². The summed E-state index contributed by atoms with van der Waals surface area (Å²) >= 11 is 0. The summed E-state index contributed by atoms with van der Waals surface area (Å²) in [6.45, 7) is 5.30. The van der Waals surface area contributed by atoms with E-state index in [9.17, 15) is 9.59 Å². The highest BCUT2D eigenvalue weighted by molar-refractivity contribution is 5.78. The molecule has 0 fully saturated rings. The molecule has 1 amide bonds. The number of unbranched alkanes of at least 4 members (excludes halogenated alkanes) is 1. The Morgan fingerprint density at radius 3 is 2.76 bits per heavy atom. The molecule has 0 saturated heterocycles. The molecule has 1 aromatic heterocycles. The van der Waals surface area contributed by atoms with E-state index in [4.69, 9.17) is 0 Å². The van der Waals surface area contributed by atoms with E-state index in [2.05, 4.69) is 17.2 Å². The third kappa shape index (κ3) is 3.45. The van der Waals surface area contributed by atoms with Gasteiger partial charge in [-0.2, -0.15) is 0 Å². The van der Waals surface area contributed by atoms with Crippen molar-refractivity contribution in [3.8, 4) is 0 Å². The first-order valence-corrected chi connectivity index (χ1v) is 7.27. The minimum absolute atomic E-state index is 0.0613. The maximum absolute atomic E-state index is 12.3. The smallest absolute Gasteiger partial charge is 0.278 e. The number of hydrogen-bond donors (Lipinski definition) is 0. The number of amides is 1. The van der Waals surface area contributed by atoms with Gasteiger partial charge < -0.3 is 4.90 Å². The molecule has 0 aliphatic rings. The van der Waals surface area contributed by atoms with Crippen LogP contribution in [0.1, 0.15) is 26.7 Å². The molecule has 0 unspecified atom stereocenters. The first kappa shape index (κ1) is 15.2. The molecule has 0 aliphatic carbocycles. The fourth-order valence-electron chi connectivity index (χ4n) is 2.16. The van der Waals surface area contributed by atoms with E-state index >= 15 is 0 Å². The highest BCUT2D eigenvalue weighted by Crippen LogP contribution is 2.04. The molecular weight excluding hydrogens is 268 g/mol. The van der Waals surface area contributed by atoms with Crippen molar-refractivity contribution in [2.75, 3.05) is 13.1 Å². The second-order valence-electron chi connectivity index (χ2n) is 4.90. The largest absolute Gasteiger partial charge is 0.341 e. The molecule has 2 aromatic rings. The number of carbonyl (C=O) groups is 1. The molecule has 0 bridgehead atoms. The molecule has 0 atom stereocenters. The summed E-state index contributed by atoms with van der Waals surface area (Å²) in [6.07, 6.45) is 1.98. The molecule has 0 radical (unpaired) electrons. The van der Waals surface area contributed by atoms with Crippen LogP contribution in [0.15, 0.2) is 29.1 Å². The monoisotopic (exact) mass is 288 g/mol. The van der Waals surface area contributed by atoms with Crippen molar-refractivity contribution in [2.24, 2.45) is 0 Å². The van der Waals surface area contributed by atoms with Gasteiger partial charge in [-0.1, -0.05) is 30.7 Å². The molecule has 1 aromatic carbocycles. The maximum Gasteiger partial charge on any atom is 0.278 e. The number of benzene rings is 1. The van der Waals surface area contributed by atoms with Crippen LogP contribution in [0.2, 0.25) is 0 Å². The fourth-order valence-corrected chi connectivity index (χ4v) is 2.16. The summed E-state index contributed by atoms with van der Waals surface area (Å²) < 4.78 is 1.14. The molecular formula is C15H20N4O2. The van der Waals surface area contributed by atoms with Crippen molar-refractivity contribution in [3.63, 3.8) is 0 Å². The SMILES string of the molecule is CCCCN(CC)C(=O)Cn1nnc2ccccc2c1=O. The van der Waals surface area contributed by atoms with Crippen LogP contribution in [0.25, 0.3) is 10.9 Å². The minimum atomic E-state index is -0.277. The first-order valence-electron chi connectivity index (χ1n) is 7.27. The molecule has 21 heavy (non-hydrogen) atoms. The molecule has 0 saturated carbocycles. The number of rotatable bonds is 6. The zero-order chi connectivity index (χ0) is 15.2. The summed E-state index contributed by atoms with van der Waals surface area (Å²) in [4.78, 5) is 26.3. The Bertz CT molecular complexity index is 681. The summed E-state index contributed by atoms with van der Waals surface area (Å²) in [6, 6.07) is 7.00. The minimum Gasteiger partial charge on any atom is -0.341 e. The van der Waals surface area contributed by atoms with Gasteiger partial charge in [0.05, 0.1) is 5.39 Å². The molecule has 2 rings (SSSR count). The van der Waals surface area contributed by atoms with Gasteiger partial charge >= 0.3 is 0 Å². The van der Waals surface area contributed by atoms with Crippen molar-refractivity contribution in [2.45, 2.75) is 33.2 Å². The Labute approximate surface area is 123 Å². The Morgan fingerprint density at radius 1 is 1.29 bits per heavy atom. The van der Waals surface area contributed by atoms with Crippen molar-refractivity contribution in [1.29, 1.82) is 0 Å². The van der Waals surface area contributed by atoms with Gasteiger partial charge in [0, 0.05) is 13.1 Å². The van der Waals surface area contributed by atoms with Crippen molar-refractivity contribution in [3.05, 3.63) is 34.6 Å². The number of carbonyl (C=O) groups excluding carboxylic acids is 1. The maximum atomic E-state index is 12.3. The Hall–Kier alpha value is -2.24. The summed E-state index contributed by atoms with van der Waals surface area (Å²) in [5.41, 5.74) is 0.269. The van der Waals surface area contributed by atoms with Crippen LogP contribution in [0.4, 0.5) is 0 Å². The number of likely N-dealkylation sites (N-methyl/N-ethyl adjacent to an activating group) is 1. The Balaban J connectivity index is 2.21. The van der Waals surface area contributed by atoms with E-state index < -0.39 is 0 Å². The number of aromatic nitrogens is 3. The highest BCUT2D eigenvalue weighted by Gasteiger charge is 2.14. The van der Waals surface area contributed by atoms with Gasteiger partial charge in [-0.25, -0.2) is 4.68 Å². The summed E-state index contributed by atoms with van der Waals surface area (Å²) in [5.74, 6) is -0.0994. The quantitative estimate of drug-likeness (QED) is 0.806. The first-order chi connectivity index (χ1) is 10.2. The zero-order valence-corrected chi connectivity index (χ0v) is 12.5. The lowest BCUT2D eigenvalue weighted by molar-refractivity contribution is -0.132. The van der Waals surface area contributed by atoms with Crippen LogP contribution in [-0.4, -0.2) is 38.9 Å². The van der Waals surface area contributed by atoms with E-state index in [1.54, 1.807) is 29.2 Å². The van der Waals surface area contributed by atoms with E-state index in [0.717, 1.165) is 17.5 Å². The Kier molecular flexibility index (Phi) is 5.03. The van der Waals surface area contributed by atoms with Crippen LogP contribution in [0, 0.1) is 0 Å². The van der Waals surface area contributed by atoms with Crippen LogP contribution < -0.4 is 5.56 Å². The number of fused-ring (bicyclic) bond motifs is 1. The second-order valence-corrected chi connectivity index (χ2v) is 4.90. The van der Waals surface area contributed by atoms with E-state index in [1.165, 1.54) is 0 Å². The predicted octanol–water partition coefficient (Wildman–Crippen LogP) is 1.44. The molecule has 6 nitrogen and oxygen atoms in total. The van der Waals surface area contributed by atoms with Gasteiger partial charge in [-0.15, -0.1) is 5.10 Å². The normalized spacial score (nSPS) is 10.8. The predicted molar refractivity (Wildman–Crippen MR) is 81.0 cm³/mol. The Morgan fingerprint density at radius 2 is 2.05 bits per heavy atom. The fraction of sp³-hybridized carbons (Fsp3) is 0.467. The zero-order valence-electron chi connectivity index (χ0n) is 12.5. The van der Waals surface area contributed by atoms with Gasteiger partial charge in [0.2, 0.25) is 5.91 Å². The van der Waals surface area contributed by atoms with E-state index in [-0.39, 0.29) is 18.0 Å². The van der Waals surface area contributed by atoms with Crippen LogP contribution >= 0.6 is 0 Å². The summed E-state index contributed by atoms with van der Waals surface area (Å²) in [7, 11) is 0. The van der Waals surface area contributed by atoms with Gasteiger partial charge in [-0.05, 0) is 25.5 Å². The third-order valence-corrected chi connectivity index (χ3v) is 3.43. The average molecular weight is 288 g/mol. The van der Waals surface area contributed by atoms with Crippen LogP contribution in [0.3, 0.4) is 0 Å². The molecule has 0 spiro atoms. The van der Waals surface area contributed by atoms with E-state index in [0.29, 0.717) is 24.0 Å². The molecule has 1 heterocycles. The van der Waals surface area contributed by atoms with Gasteiger partial charge in [0.15, 0.2) is 0 Å². The van der Waals surface area contributed by atoms with Gasteiger partial charge in [0.25, 0.3) is 5.56 Å². The lowest BCUT2D eigenvalue weighted by Crippen LogP contribution is -2.38. The lowest BCUT2D eigenvalue weighted by Gasteiger charge is -2.20. The number of nitrogens with zero attached hydrogens (tertiary/aromatic N) is 4. The third-order valence-electron chi connectivity index (χ3n) is 3.43. The van der Waals surface area contributed by atoms with Crippen LogP contribution in [0.5, 0.6) is 0 Å². The van der Waals surface area contributed by atoms with Crippen molar-refractivity contribution in [1.82, 2.24) is 19.9 Å². The topological polar surface area (TPSA) is 68.1 Å². The van der Waals surface area contributed by atoms with Gasteiger partial charge in [-0.3, -0.25) is 9.59 Å². The van der Waals surface area contributed by atoms with Gasteiger partial charge in [0.1, 0.15) is 12.1 Å². The van der Waals surface area contributed by atoms with Crippen molar-refractivity contribution < 1.29 is 4.79 Å². The number of hydrogen-bond acceptors (Lipinski definition) is 4. The lowest BCUT2D eigenvalue weighted by atomic mass is 10.2. The molecule has 0 aliphatic heterocycles. The highest BCUT2D eigenvalue weighted by atomic mass is 16.2. The molecule has 112 valence electrons. The van der Waals surface area contributed by atoms with Crippen LogP contribution in [-0.2, 0) is 11.3 Å². The van der Waals surface area contributed by atoms with Crippen molar-refractivity contribution >= 4 is 16.8 Å². The molecule has 6 heteroatoms. The standard InChI is InChI=1S/C15H20N4O2/c1-3-5-10-18(4-2)14(20)11-19-15(21)12-8-6-7-9-13(12)16-17-19/h6-9H,3-5,10-11H2,1-2H3. The second kappa shape index (κ2) is 6.97. The summed E-state index contributed by atoms with van der Waals surface area (Å²) in [5, 5.41) is 8.32.